The minimum atomic E-state index is -3.92. The maximum absolute atomic E-state index is 13.4. The van der Waals surface area contributed by atoms with Crippen LogP contribution in [0.25, 0.3) is 0 Å². The summed E-state index contributed by atoms with van der Waals surface area (Å²) in [7, 11) is 0.224. The molecule has 2 N–H and O–H groups in total. The predicted octanol–water partition coefficient (Wildman–Crippen LogP) is 2.88. The Kier molecular flexibility index (Phi) is 7.21. The minimum Gasteiger partial charge on any atom is -0.493 e. The molecule has 0 bridgehead atoms. The number of carbonyl (C=O) groups is 2. The number of hydrogen-bond acceptors (Lipinski definition) is 7. The molecule has 2 aromatic rings. The molecule has 0 aliphatic carbocycles. The Balaban J connectivity index is 2.16. The van der Waals surface area contributed by atoms with Crippen LogP contribution in [-0.4, -0.2) is 47.5 Å². The molecule has 0 saturated carbocycles. The summed E-state index contributed by atoms with van der Waals surface area (Å²) >= 11 is 0. The summed E-state index contributed by atoms with van der Waals surface area (Å²) in [5.74, 6) is -0.505. The molecular weight excluding hydrogens is 460 g/mol. The smallest absolute Gasteiger partial charge is 0.338 e. The second-order valence-electron chi connectivity index (χ2n) is 8.02. The van der Waals surface area contributed by atoms with Crippen LogP contribution < -0.4 is 20.1 Å². The van der Waals surface area contributed by atoms with Crippen molar-refractivity contribution in [3.05, 3.63) is 63.9 Å². The lowest BCUT2D eigenvalue weighted by Gasteiger charge is -2.29. The fraction of sp³-hybridized carbons (Fsp3) is 0.333. The Morgan fingerprint density at radius 3 is 2.15 bits per heavy atom. The molecule has 2 amide bonds. The number of esters is 1. The quantitative estimate of drug-likeness (QED) is 0.575. The first-order chi connectivity index (χ1) is 16.0. The Morgan fingerprint density at radius 2 is 1.59 bits per heavy atom. The molecule has 1 aliphatic heterocycles. The van der Waals surface area contributed by atoms with Gasteiger partial charge in [0.25, 0.3) is 0 Å². The summed E-state index contributed by atoms with van der Waals surface area (Å²) in [5.41, 5.74) is 2.55. The highest BCUT2D eigenvalue weighted by molar-refractivity contribution is 7.91. The lowest BCUT2D eigenvalue weighted by Crippen LogP contribution is -2.47. The van der Waals surface area contributed by atoms with Gasteiger partial charge in [-0.25, -0.2) is 18.0 Å². The summed E-state index contributed by atoms with van der Waals surface area (Å²) in [5, 5.41) is 5.17. The van der Waals surface area contributed by atoms with Crippen LogP contribution in [0.3, 0.4) is 0 Å². The van der Waals surface area contributed by atoms with Crippen molar-refractivity contribution in [3.63, 3.8) is 0 Å². The molecule has 9 nitrogen and oxygen atoms in total. The number of urea groups is 1. The second-order valence-corrected chi connectivity index (χ2v) is 9.94. The number of methoxy groups -OCH3 is 3. The Bertz CT molecular complexity index is 1260. The summed E-state index contributed by atoms with van der Waals surface area (Å²) in [6.45, 7) is 5.32. The third-order valence-electron chi connectivity index (χ3n) is 5.55. The van der Waals surface area contributed by atoms with Crippen LogP contribution in [0, 0.1) is 20.8 Å². The first-order valence-electron chi connectivity index (χ1n) is 10.4. The molecule has 0 unspecified atom stereocenters. The second kappa shape index (κ2) is 9.76. The van der Waals surface area contributed by atoms with Gasteiger partial charge in [0.15, 0.2) is 21.3 Å². The van der Waals surface area contributed by atoms with Gasteiger partial charge in [-0.3, -0.25) is 0 Å². The van der Waals surface area contributed by atoms with Crippen LogP contribution in [0.4, 0.5) is 4.79 Å². The molecule has 0 saturated heterocycles. The third-order valence-corrected chi connectivity index (χ3v) is 7.48. The van der Waals surface area contributed by atoms with E-state index in [0.717, 1.165) is 5.56 Å². The maximum atomic E-state index is 13.4. The topological polar surface area (TPSA) is 120 Å². The molecule has 34 heavy (non-hydrogen) atoms. The predicted molar refractivity (Wildman–Crippen MR) is 126 cm³/mol. The zero-order valence-electron chi connectivity index (χ0n) is 19.9. The summed E-state index contributed by atoms with van der Waals surface area (Å²) < 4.78 is 42.4. The van der Waals surface area contributed by atoms with Gasteiger partial charge in [0.2, 0.25) is 0 Å². The highest BCUT2D eigenvalue weighted by atomic mass is 32.2. The van der Waals surface area contributed by atoms with Crippen LogP contribution in [-0.2, 0) is 19.4 Å². The first kappa shape index (κ1) is 25.1. The number of aryl methyl sites for hydroxylation is 3. The van der Waals surface area contributed by atoms with E-state index in [-0.39, 0.29) is 16.2 Å². The van der Waals surface area contributed by atoms with Crippen LogP contribution in [0.1, 0.15) is 28.3 Å². The number of ether oxygens (including phenoxy) is 3. The minimum absolute atomic E-state index is 0.0136. The third kappa shape index (κ3) is 4.86. The average Bonchev–Trinajstić information content (AvgIpc) is 2.76. The van der Waals surface area contributed by atoms with Crippen molar-refractivity contribution in [1.82, 2.24) is 10.6 Å². The van der Waals surface area contributed by atoms with Crippen molar-refractivity contribution >= 4 is 21.8 Å². The summed E-state index contributed by atoms with van der Waals surface area (Å²) in [6, 6.07) is 6.85. The van der Waals surface area contributed by atoms with Crippen LogP contribution >= 0.6 is 0 Å². The molecule has 1 aliphatic rings. The van der Waals surface area contributed by atoms with Gasteiger partial charge in [-0.2, -0.15) is 0 Å². The molecule has 1 atom stereocenters. The molecular formula is C24H28N2O7S. The van der Waals surface area contributed by atoms with Crippen molar-refractivity contribution in [3.8, 4) is 11.5 Å². The number of hydrogen-bond donors (Lipinski definition) is 2. The fourth-order valence-electron chi connectivity index (χ4n) is 4.28. The van der Waals surface area contributed by atoms with Gasteiger partial charge in [0, 0.05) is 5.70 Å². The largest absolute Gasteiger partial charge is 0.493 e. The van der Waals surface area contributed by atoms with Crippen LogP contribution in [0.2, 0.25) is 0 Å². The maximum Gasteiger partial charge on any atom is 0.338 e. The molecule has 0 radical (unpaired) electrons. The lowest BCUT2D eigenvalue weighted by atomic mass is 9.95. The van der Waals surface area contributed by atoms with E-state index in [4.69, 9.17) is 14.2 Å². The van der Waals surface area contributed by atoms with E-state index >= 15 is 0 Å². The molecule has 0 fully saturated rings. The van der Waals surface area contributed by atoms with E-state index < -0.39 is 33.6 Å². The van der Waals surface area contributed by atoms with Gasteiger partial charge in [-0.1, -0.05) is 23.8 Å². The SMILES string of the molecule is COC(=O)C1=C(CS(=O)(=O)c2c(C)cc(C)cc2C)NC(=O)N[C@H]1c1ccc(OC)c(OC)c1. The lowest BCUT2D eigenvalue weighted by molar-refractivity contribution is -0.136. The van der Waals surface area contributed by atoms with E-state index in [2.05, 4.69) is 10.6 Å². The standard InChI is InChI=1S/C24H28N2O7S/c1-13-9-14(2)22(15(3)10-13)34(29,30)12-17-20(23(27)33-6)21(26-24(28)25-17)16-7-8-18(31-4)19(11-16)32-5/h7-11,21H,12H2,1-6H3,(H2,25,26,28)/t21-/m0/s1. The Labute approximate surface area is 199 Å². The van der Waals surface area contributed by atoms with Crippen molar-refractivity contribution in [2.75, 3.05) is 27.1 Å². The monoisotopic (exact) mass is 488 g/mol. The van der Waals surface area contributed by atoms with Gasteiger partial charge < -0.3 is 24.8 Å². The molecule has 3 rings (SSSR count). The number of nitrogens with one attached hydrogen (secondary N) is 2. The van der Waals surface area contributed by atoms with E-state index in [1.165, 1.54) is 21.3 Å². The highest BCUT2D eigenvalue weighted by Crippen LogP contribution is 2.35. The van der Waals surface area contributed by atoms with Crippen LogP contribution in [0.15, 0.2) is 46.5 Å². The zero-order valence-corrected chi connectivity index (χ0v) is 20.8. The van der Waals surface area contributed by atoms with Crippen LogP contribution in [0.5, 0.6) is 11.5 Å². The number of benzene rings is 2. The van der Waals surface area contributed by atoms with Crippen molar-refractivity contribution in [1.29, 1.82) is 0 Å². The molecule has 1 heterocycles. The van der Waals surface area contributed by atoms with Gasteiger partial charge in [-0.15, -0.1) is 0 Å². The summed E-state index contributed by atoms with van der Waals surface area (Å²) in [6.07, 6.45) is 0. The van der Waals surface area contributed by atoms with Gasteiger partial charge >= 0.3 is 12.0 Å². The number of amides is 2. The molecule has 0 aromatic heterocycles. The molecule has 2 aromatic carbocycles. The van der Waals surface area contributed by atoms with Gasteiger partial charge in [0.05, 0.1) is 43.6 Å². The van der Waals surface area contributed by atoms with Gasteiger partial charge in [-0.05, 0) is 49.6 Å². The summed E-state index contributed by atoms with van der Waals surface area (Å²) in [4.78, 5) is 25.5. The number of sulfone groups is 1. The number of carbonyl (C=O) groups excluding carboxylic acids is 2. The van der Waals surface area contributed by atoms with Gasteiger partial charge in [0.1, 0.15) is 0 Å². The van der Waals surface area contributed by atoms with E-state index in [1.807, 2.05) is 6.92 Å². The Morgan fingerprint density at radius 1 is 0.971 bits per heavy atom. The average molecular weight is 489 g/mol. The number of rotatable bonds is 7. The normalized spacial score (nSPS) is 15.9. The van der Waals surface area contributed by atoms with Crippen molar-refractivity contribution in [2.24, 2.45) is 0 Å². The molecule has 10 heteroatoms. The zero-order chi connectivity index (χ0) is 25.2. The highest BCUT2D eigenvalue weighted by Gasteiger charge is 2.36. The van der Waals surface area contributed by atoms with Crippen molar-refractivity contribution in [2.45, 2.75) is 31.7 Å². The van der Waals surface area contributed by atoms with E-state index in [0.29, 0.717) is 28.2 Å². The van der Waals surface area contributed by atoms with Crippen molar-refractivity contribution < 1.29 is 32.2 Å². The van der Waals surface area contributed by atoms with E-state index in [9.17, 15) is 18.0 Å². The van der Waals surface area contributed by atoms with E-state index in [1.54, 1.807) is 44.2 Å². The Hall–Kier alpha value is -3.53. The first-order valence-corrected chi connectivity index (χ1v) is 12.1. The molecule has 182 valence electrons. The molecule has 0 spiro atoms. The fourth-order valence-corrected chi connectivity index (χ4v) is 6.14.